The van der Waals surface area contributed by atoms with E-state index in [2.05, 4.69) is 4.36 Å². The Labute approximate surface area is 81.3 Å². The maximum absolute atomic E-state index is 11.3. The van der Waals surface area contributed by atoms with Gasteiger partial charge in [0.1, 0.15) is 0 Å². The van der Waals surface area contributed by atoms with Gasteiger partial charge < -0.3 is 5.73 Å². The molecule has 0 aromatic heterocycles. The van der Waals surface area contributed by atoms with Crippen molar-refractivity contribution in [2.45, 2.75) is 31.7 Å². The molecule has 2 unspecified atom stereocenters. The lowest BCUT2D eigenvalue weighted by Crippen LogP contribution is -2.29. The maximum atomic E-state index is 11.3. The molecule has 4 heteroatoms. The zero-order chi connectivity index (χ0) is 9.90. The third-order valence-corrected chi connectivity index (χ3v) is 3.24. The minimum Gasteiger partial charge on any atom is -0.328 e. The first kappa shape index (κ1) is 11.0. The number of nitrogens with two attached hydrogens (primary N) is 1. The van der Waals surface area contributed by atoms with E-state index in [9.17, 15) is 4.21 Å². The van der Waals surface area contributed by atoms with Crippen LogP contribution >= 0.6 is 0 Å². The van der Waals surface area contributed by atoms with Gasteiger partial charge in [0.2, 0.25) is 0 Å². The predicted octanol–water partition coefficient (Wildman–Crippen LogP) is 1.23. The number of nitrogens with zero attached hydrogens (tertiary/aromatic N) is 1. The van der Waals surface area contributed by atoms with E-state index in [1.54, 1.807) is 12.5 Å². The van der Waals surface area contributed by atoms with Crippen LogP contribution in [0.3, 0.4) is 0 Å². The highest BCUT2D eigenvalue weighted by Crippen LogP contribution is 2.23. The molecule has 2 atom stereocenters. The minimum atomic E-state index is -1.91. The molecule has 0 aromatic carbocycles. The molecule has 0 amide bonds. The van der Waals surface area contributed by atoms with E-state index in [4.69, 9.17) is 5.73 Å². The zero-order valence-electron chi connectivity index (χ0n) is 8.53. The van der Waals surface area contributed by atoms with Gasteiger partial charge in [-0.05, 0) is 25.2 Å². The molecule has 1 fully saturated rings. The van der Waals surface area contributed by atoms with Crippen LogP contribution in [0.5, 0.6) is 0 Å². The van der Waals surface area contributed by atoms with Gasteiger partial charge in [-0.15, -0.1) is 0 Å². The van der Waals surface area contributed by atoms with E-state index >= 15 is 0 Å². The first-order chi connectivity index (χ1) is 5.97. The summed E-state index contributed by atoms with van der Waals surface area (Å²) in [6, 6.07) is 0.346. The third kappa shape index (κ3) is 4.62. The highest BCUT2D eigenvalue weighted by atomic mass is 32.2. The SMILES string of the molecule is CS(C)(=O)=NCC1CCCC(N)C1. The standard InChI is InChI=1S/C9H20N2OS/c1-13(2,12)11-7-8-4-3-5-9(10)6-8/h8-9H,3-7,10H2,1-2H3. The summed E-state index contributed by atoms with van der Waals surface area (Å²) in [7, 11) is -1.91. The summed E-state index contributed by atoms with van der Waals surface area (Å²) < 4.78 is 15.5. The average molecular weight is 204 g/mol. The Balaban J connectivity index is 2.41. The Morgan fingerprint density at radius 1 is 1.46 bits per heavy atom. The van der Waals surface area contributed by atoms with Gasteiger partial charge in [-0.1, -0.05) is 6.42 Å². The second-order valence-electron chi connectivity index (χ2n) is 4.29. The summed E-state index contributed by atoms with van der Waals surface area (Å²) in [5.74, 6) is 0.574. The van der Waals surface area contributed by atoms with E-state index in [0.29, 0.717) is 12.0 Å². The summed E-state index contributed by atoms with van der Waals surface area (Å²) in [5.41, 5.74) is 5.85. The Kier molecular flexibility index (Phi) is 3.74. The van der Waals surface area contributed by atoms with E-state index in [0.717, 1.165) is 19.4 Å². The number of hydrogen-bond donors (Lipinski definition) is 1. The van der Waals surface area contributed by atoms with E-state index in [-0.39, 0.29) is 0 Å². The molecular weight excluding hydrogens is 184 g/mol. The van der Waals surface area contributed by atoms with Gasteiger partial charge in [-0.25, -0.2) is 4.36 Å². The normalized spacial score (nSPS) is 30.1. The Hall–Kier alpha value is -0.0900. The first-order valence-corrected chi connectivity index (χ1v) is 7.19. The van der Waals surface area contributed by atoms with Crippen LogP contribution in [0.1, 0.15) is 25.7 Å². The first-order valence-electron chi connectivity index (χ1n) is 4.86. The van der Waals surface area contributed by atoms with Crippen LogP contribution in [0.15, 0.2) is 4.36 Å². The molecule has 1 aliphatic carbocycles. The fraction of sp³-hybridized carbons (Fsp3) is 1.00. The molecule has 3 nitrogen and oxygen atoms in total. The lowest BCUT2D eigenvalue weighted by atomic mass is 9.86. The van der Waals surface area contributed by atoms with Crippen molar-refractivity contribution in [2.75, 3.05) is 19.1 Å². The average Bonchev–Trinajstić information content (AvgIpc) is 2.00. The van der Waals surface area contributed by atoms with Crippen molar-refractivity contribution in [3.8, 4) is 0 Å². The highest BCUT2D eigenvalue weighted by molar-refractivity contribution is 7.92. The predicted molar refractivity (Wildman–Crippen MR) is 57.2 cm³/mol. The maximum Gasteiger partial charge on any atom is 0.0512 e. The topological polar surface area (TPSA) is 55.5 Å². The molecule has 78 valence electrons. The summed E-state index contributed by atoms with van der Waals surface area (Å²) >= 11 is 0. The van der Waals surface area contributed by atoms with Crippen molar-refractivity contribution < 1.29 is 4.21 Å². The van der Waals surface area contributed by atoms with Gasteiger partial charge in [0.15, 0.2) is 0 Å². The molecule has 2 N–H and O–H groups in total. The monoisotopic (exact) mass is 204 g/mol. The molecule has 0 radical (unpaired) electrons. The zero-order valence-corrected chi connectivity index (χ0v) is 9.35. The van der Waals surface area contributed by atoms with Crippen LogP contribution in [0.25, 0.3) is 0 Å². The number of rotatable bonds is 2. The largest absolute Gasteiger partial charge is 0.328 e. The van der Waals surface area contributed by atoms with Crippen molar-refractivity contribution >= 4 is 9.73 Å². The summed E-state index contributed by atoms with van der Waals surface area (Å²) in [5, 5.41) is 0. The van der Waals surface area contributed by atoms with E-state index < -0.39 is 9.73 Å². The van der Waals surface area contributed by atoms with Crippen LogP contribution in [0.4, 0.5) is 0 Å². The lowest BCUT2D eigenvalue weighted by molar-refractivity contribution is 0.330. The molecule has 0 bridgehead atoms. The van der Waals surface area contributed by atoms with Crippen molar-refractivity contribution in [2.24, 2.45) is 16.0 Å². The summed E-state index contributed by atoms with van der Waals surface area (Å²) in [4.78, 5) is 0. The van der Waals surface area contributed by atoms with Crippen molar-refractivity contribution in [3.63, 3.8) is 0 Å². The van der Waals surface area contributed by atoms with E-state index in [1.165, 1.54) is 12.8 Å². The molecule has 13 heavy (non-hydrogen) atoms. The van der Waals surface area contributed by atoms with Crippen molar-refractivity contribution in [3.05, 3.63) is 0 Å². The molecular formula is C9H20N2OS. The molecule has 0 heterocycles. The van der Waals surface area contributed by atoms with Gasteiger partial charge >= 0.3 is 0 Å². The van der Waals surface area contributed by atoms with Crippen LogP contribution in [-0.4, -0.2) is 29.3 Å². The molecule has 1 aliphatic rings. The van der Waals surface area contributed by atoms with Crippen LogP contribution < -0.4 is 5.73 Å². The van der Waals surface area contributed by atoms with Crippen LogP contribution in [-0.2, 0) is 9.73 Å². The van der Waals surface area contributed by atoms with Gasteiger partial charge in [0.25, 0.3) is 0 Å². The summed E-state index contributed by atoms with van der Waals surface area (Å²) in [6.45, 7) is 0.736. The fourth-order valence-corrected chi connectivity index (χ4v) is 2.35. The molecule has 1 rings (SSSR count). The van der Waals surface area contributed by atoms with Crippen molar-refractivity contribution in [1.29, 1.82) is 0 Å². The second kappa shape index (κ2) is 4.42. The Morgan fingerprint density at radius 3 is 2.69 bits per heavy atom. The van der Waals surface area contributed by atoms with Gasteiger partial charge in [-0.2, -0.15) is 0 Å². The van der Waals surface area contributed by atoms with Gasteiger partial charge in [0, 0.05) is 28.3 Å². The van der Waals surface area contributed by atoms with Crippen molar-refractivity contribution in [1.82, 2.24) is 0 Å². The van der Waals surface area contributed by atoms with Crippen LogP contribution in [0.2, 0.25) is 0 Å². The van der Waals surface area contributed by atoms with Gasteiger partial charge in [0.05, 0.1) is 6.54 Å². The minimum absolute atomic E-state index is 0.346. The Morgan fingerprint density at radius 2 is 2.15 bits per heavy atom. The molecule has 0 saturated heterocycles. The van der Waals surface area contributed by atoms with Crippen LogP contribution in [0, 0.1) is 5.92 Å². The molecule has 0 aromatic rings. The number of hydrogen-bond acceptors (Lipinski definition) is 3. The molecule has 1 saturated carbocycles. The summed E-state index contributed by atoms with van der Waals surface area (Å²) in [6.07, 6.45) is 7.98. The fourth-order valence-electron chi connectivity index (χ4n) is 1.78. The molecule has 0 aliphatic heterocycles. The van der Waals surface area contributed by atoms with E-state index in [1.807, 2.05) is 0 Å². The third-order valence-electron chi connectivity index (χ3n) is 2.47. The Bertz CT molecular complexity index is 261. The molecule has 0 spiro atoms. The lowest BCUT2D eigenvalue weighted by Gasteiger charge is -2.25. The van der Waals surface area contributed by atoms with Gasteiger partial charge in [-0.3, -0.25) is 4.21 Å². The smallest absolute Gasteiger partial charge is 0.0512 e. The highest BCUT2D eigenvalue weighted by Gasteiger charge is 2.18. The quantitative estimate of drug-likeness (QED) is 0.735. The second-order valence-corrected chi connectivity index (χ2v) is 6.91.